The van der Waals surface area contributed by atoms with Gasteiger partial charge < -0.3 is 15.2 Å². The molecule has 3 rings (SSSR count). The molecule has 0 aliphatic heterocycles. The van der Waals surface area contributed by atoms with Crippen LogP contribution in [0.5, 0.6) is 0 Å². The van der Waals surface area contributed by atoms with E-state index in [0.717, 1.165) is 0 Å². The summed E-state index contributed by atoms with van der Waals surface area (Å²) in [5.41, 5.74) is 1.15. The maximum absolute atomic E-state index is 12.7. The number of benzene rings is 2. The van der Waals surface area contributed by atoms with Gasteiger partial charge in [-0.2, -0.15) is 0 Å². The average Bonchev–Trinajstić information content (AvgIpc) is 3.21. The van der Waals surface area contributed by atoms with Crippen LogP contribution in [0.25, 0.3) is 0 Å². The first-order chi connectivity index (χ1) is 15.8. The standard InChI is InChI=1S/C23H25Cl2N5O2S/c1-4-30-21(20(14(2)3)27-22(32)15-8-6-5-7-9-15)28-29-23(30)33-13-19(31)26-16-10-11-17(24)18(25)12-16/h5-12,14,20H,4,13H2,1-3H3,(H,26,31)(H,27,32)/t20-/m0/s1. The van der Waals surface area contributed by atoms with Crippen molar-refractivity contribution in [1.82, 2.24) is 20.1 Å². The number of aromatic nitrogens is 3. The van der Waals surface area contributed by atoms with Crippen molar-refractivity contribution in [3.63, 3.8) is 0 Å². The molecule has 2 amide bonds. The minimum atomic E-state index is -0.329. The lowest BCUT2D eigenvalue weighted by atomic mass is 10.0. The van der Waals surface area contributed by atoms with Gasteiger partial charge in [0.15, 0.2) is 11.0 Å². The molecular weight excluding hydrogens is 481 g/mol. The maximum atomic E-state index is 12.7. The minimum absolute atomic E-state index is 0.0861. The highest BCUT2D eigenvalue weighted by atomic mass is 35.5. The zero-order chi connectivity index (χ0) is 24.0. The van der Waals surface area contributed by atoms with Gasteiger partial charge in [0.1, 0.15) is 0 Å². The lowest BCUT2D eigenvalue weighted by Crippen LogP contribution is -2.33. The Morgan fingerprint density at radius 3 is 2.42 bits per heavy atom. The number of carbonyl (C=O) groups is 2. The van der Waals surface area contributed by atoms with E-state index in [0.29, 0.717) is 38.8 Å². The van der Waals surface area contributed by atoms with Crippen molar-refractivity contribution >= 4 is 52.5 Å². The first kappa shape index (κ1) is 25.1. The fourth-order valence-corrected chi connectivity index (χ4v) is 4.29. The largest absolute Gasteiger partial charge is 0.342 e. The SMILES string of the molecule is CCn1c(SCC(=O)Nc2ccc(Cl)c(Cl)c2)nnc1[C@@H](NC(=O)c1ccccc1)C(C)C. The van der Waals surface area contributed by atoms with Crippen LogP contribution < -0.4 is 10.6 Å². The second-order valence-corrected chi connectivity index (χ2v) is 9.37. The summed E-state index contributed by atoms with van der Waals surface area (Å²) in [7, 11) is 0. The number of rotatable bonds is 9. The quantitative estimate of drug-likeness (QED) is 0.376. The van der Waals surface area contributed by atoms with Crippen LogP contribution in [0.15, 0.2) is 53.7 Å². The number of hydrogen-bond donors (Lipinski definition) is 2. The highest BCUT2D eigenvalue weighted by Gasteiger charge is 2.26. The third-order valence-electron chi connectivity index (χ3n) is 4.86. The number of halogens is 2. The van der Waals surface area contributed by atoms with Gasteiger partial charge in [0, 0.05) is 17.8 Å². The summed E-state index contributed by atoms with van der Waals surface area (Å²) >= 11 is 13.2. The molecule has 0 fully saturated rings. The van der Waals surface area contributed by atoms with E-state index in [2.05, 4.69) is 20.8 Å². The molecule has 33 heavy (non-hydrogen) atoms. The Bertz CT molecular complexity index is 1120. The summed E-state index contributed by atoms with van der Waals surface area (Å²) < 4.78 is 1.92. The molecule has 10 heteroatoms. The zero-order valence-corrected chi connectivity index (χ0v) is 20.8. The van der Waals surface area contributed by atoms with E-state index in [1.807, 2.05) is 43.5 Å². The lowest BCUT2D eigenvalue weighted by Gasteiger charge is -2.22. The van der Waals surface area contributed by atoms with Gasteiger partial charge in [-0.05, 0) is 43.2 Å². The predicted molar refractivity (Wildman–Crippen MR) is 133 cm³/mol. The van der Waals surface area contributed by atoms with E-state index in [9.17, 15) is 9.59 Å². The molecule has 0 aliphatic rings. The summed E-state index contributed by atoms with van der Waals surface area (Å²) in [5.74, 6) is 0.506. The molecule has 0 spiro atoms. The first-order valence-corrected chi connectivity index (χ1v) is 12.2. The van der Waals surface area contributed by atoms with Crippen LogP contribution in [0.4, 0.5) is 5.69 Å². The topological polar surface area (TPSA) is 88.9 Å². The van der Waals surface area contributed by atoms with Gasteiger partial charge in [0.25, 0.3) is 5.91 Å². The van der Waals surface area contributed by atoms with Gasteiger partial charge in [0.2, 0.25) is 5.91 Å². The van der Waals surface area contributed by atoms with Crippen molar-refractivity contribution in [1.29, 1.82) is 0 Å². The molecule has 2 aromatic carbocycles. The summed E-state index contributed by atoms with van der Waals surface area (Å²) in [5, 5.41) is 15.9. The second-order valence-electron chi connectivity index (χ2n) is 7.61. The van der Waals surface area contributed by atoms with Crippen molar-refractivity contribution < 1.29 is 9.59 Å². The second kappa shape index (κ2) is 11.5. The fraction of sp³-hybridized carbons (Fsp3) is 0.304. The molecule has 1 atom stereocenters. The van der Waals surface area contributed by atoms with E-state index in [-0.39, 0.29) is 29.5 Å². The number of thioether (sulfide) groups is 1. The van der Waals surface area contributed by atoms with Crippen molar-refractivity contribution in [3.8, 4) is 0 Å². The van der Waals surface area contributed by atoms with Crippen LogP contribution in [0, 0.1) is 5.92 Å². The highest BCUT2D eigenvalue weighted by molar-refractivity contribution is 7.99. The summed E-state index contributed by atoms with van der Waals surface area (Å²) in [4.78, 5) is 25.1. The van der Waals surface area contributed by atoms with Crippen LogP contribution in [0.1, 0.15) is 43.0 Å². The van der Waals surface area contributed by atoms with E-state index in [1.54, 1.807) is 30.3 Å². The van der Waals surface area contributed by atoms with Gasteiger partial charge in [-0.1, -0.05) is 67.0 Å². The molecule has 0 radical (unpaired) electrons. The van der Waals surface area contributed by atoms with Gasteiger partial charge >= 0.3 is 0 Å². The first-order valence-electron chi connectivity index (χ1n) is 10.5. The molecule has 3 aromatic rings. The van der Waals surface area contributed by atoms with Crippen molar-refractivity contribution in [2.24, 2.45) is 5.92 Å². The molecule has 0 bridgehead atoms. The van der Waals surface area contributed by atoms with E-state index >= 15 is 0 Å². The number of hydrogen-bond acceptors (Lipinski definition) is 5. The number of anilines is 1. The van der Waals surface area contributed by atoms with Crippen LogP contribution >= 0.6 is 35.0 Å². The smallest absolute Gasteiger partial charge is 0.251 e. The van der Waals surface area contributed by atoms with Crippen LogP contribution in [-0.2, 0) is 11.3 Å². The van der Waals surface area contributed by atoms with Crippen LogP contribution in [0.3, 0.4) is 0 Å². The Labute approximate surface area is 207 Å². The molecule has 1 heterocycles. The Balaban J connectivity index is 1.70. The lowest BCUT2D eigenvalue weighted by molar-refractivity contribution is -0.113. The monoisotopic (exact) mass is 505 g/mol. The fourth-order valence-electron chi connectivity index (χ4n) is 3.18. The molecule has 0 aliphatic carbocycles. The molecular formula is C23H25Cl2N5O2S. The van der Waals surface area contributed by atoms with Crippen LogP contribution in [0.2, 0.25) is 10.0 Å². The number of nitrogens with one attached hydrogen (secondary N) is 2. The third-order valence-corrected chi connectivity index (χ3v) is 6.57. The molecule has 0 saturated heterocycles. The molecule has 0 unspecified atom stereocenters. The third kappa shape index (κ3) is 6.50. The Hall–Kier alpha value is -2.55. The molecule has 7 nitrogen and oxygen atoms in total. The number of amides is 2. The molecule has 0 saturated carbocycles. The van der Waals surface area contributed by atoms with E-state index < -0.39 is 0 Å². The van der Waals surface area contributed by atoms with Gasteiger partial charge in [0.05, 0.1) is 21.8 Å². The van der Waals surface area contributed by atoms with Crippen molar-refractivity contribution in [3.05, 3.63) is 70.0 Å². The number of nitrogens with zero attached hydrogens (tertiary/aromatic N) is 3. The maximum Gasteiger partial charge on any atom is 0.251 e. The minimum Gasteiger partial charge on any atom is -0.342 e. The van der Waals surface area contributed by atoms with E-state index in [4.69, 9.17) is 23.2 Å². The van der Waals surface area contributed by atoms with Gasteiger partial charge in [-0.3, -0.25) is 9.59 Å². The van der Waals surface area contributed by atoms with Gasteiger partial charge in [-0.15, -0.1) is 10.2 Å². The zero-order valence-electron chi connectivity index (χ0n) is 18.5. The molecule has 2 N–H and O–H groups in total. The summed E-state index contributed by atoms with van der Waals surface area (Å²) in [6, 6.07) is 13.6. The summed E-state index contributed by atoms with van der Waals surface area (Å²) in [6.45, 7) is 6.61. The normalized spacial score (nSPS) is 11.9. The predicted octanol–water partition coefficient (Wildman–Crippen LogP) is 5.46. The van der Waals surface area contributed by atoms with Gasteiger partial charge in [-0.25, -0.2) is 0 Å². The summed E-state index contributed by atoms with van der Waals surface area (Å²) in [6.07, 6.45) is 0. The average molecular weight is 506 g/mol. The van der Waals surface area contributed by atoms with Crippen LogP contribution in [-0.4, -0.2) is 32.3 Å². The Morgan fingerprint density at radius 1 is 1.06 bits per heavy atom. The van der Waals surface area contributed by atoms with E-state index in [1.165, 1.54) is 11.8 Å². The number of carbonyl (C=O) groups excluding carboxylic acids is 2. The Kier molecular flexibility index (Phi) is 8.77. The molecule has 174 valence electrons. The molecule has 1 aromatic heterocycles. The van der Waals surface area contributed by atoms with Crippen molar-refractivity contribution in [2.45, 2.75) is 38.5 Å². The highest BCUT2D eigenvalue weighted by Crippen LogP contribution is 2.27. The van der Waals surface area contributed by atoms with Crippen molar-refractivity contribution in [2.75, 3.05) is 11.1 Å². The Morgan fingerprint density at radius 2 is 1.79 bits per heavy atom.